The number of rotatable bonds is 4. The molecule has 0 saturated heterocycles. The Morgan fingerprint density at radius 3 is 2.91 bits per heavy atom. The summed E-state index contributed by atoms with van der Waals surface area (Å²) in [6.45, 7) is 0.458. The molecule has 0 radical (unpaired) electrons. The van der Waals surface area contributed by atoms with Crippen molar-refractivity contribution in [2.75, 3.05) is 6.54 Å². The largest absolute Gasteiger partial charge is 0.508 e. The Labute approximate surface area is 135 Å². The molecule has 2 aromatic rings. The summed E-state index contributed by atoms with van der Waals surface area (Å²) in [5.41, 5.74) is 3.23. The van der Waals surface area contributed by atoms with Crippen molar-refractivity contribution in [1.82, 2.24) is 5.32 Å². The fraction of sp³-hybridized carbons (Fsp3) is 0.333. The maximum atomic E-state index is 10.3. The van der Waals surface area contributed by atoms with Gasteiger partial charge < -0.3 is 15.5 Å². The van der Waals surface area contributed by atoms with Crippen LogP contribution in [-0.2, 0) is 6.42 Å². The fourth-order valence-corrected chi connectivity index (χ4v) is 3.28. The molecule has 0 fully saturated rings. The smallest absolute Gasteiger partial charge is 0.115 e. The summed E-state index contributed by atoms with van der Waals surface area (Å²) >= 11 is 5.96. The first-order chi connectivity index (χ1) is 10.6. The van der Waals surface area contributed by atoms with Crippen LogP contribution >= 0.6 is 11.6 Å². The lowest BCUT2D eigenvalue weighted by Crippen LogP contribution is -2.29. The van der Waals surface area contributed by atoms with Crippen LogP contribution in [-0.4, -0.2) is 16.8 Å². The van der Waals surface area contributed by atoms with Gasteiger partial charge in [0.15, 0.2) is 0 Å². The van der Waals surface area contributed by atoms with E-state index in [1.807, 2.05) is 24.3 Å². The van der Waals surface area contributed by atoms with Gasteiger partial charge in [0.05, 0.1) is 6.10 Å². The van der Waals surface area contributed by atoms with Crippen LogP contribution in [0.15, 0.2) is 42.5 Å². The van der Waals surface area contributed by atoms with Gasteiger partial charge in [-0.1, -0.05) is 29.8 Å². The van der Waals surface area contributed by atoms with Crippen LogP contribution in [0.3, 0.4) is 0 Å². The summed E-state index contributed by atoms with van der Waals surface area (Å²) in [4.78, 5) is 0. The first-order valence-corrected chi connectivity index (χ1v) is 8.00. The molecule has 0 bridgehead atoms. The summed E-state index contributed by atoms with van der Waals surface area (Å²) in [6, 6.07) is 13.0. The van der Waals surface area contributed by atoms with Gasteiger partial charge in [0.2, 0.25) is 0 Å². The molecule has 1 aliphatic rings. The highest BCUT2D eigenvalue weighted by Gasteiger charge is 2.21. The number of fused-ring (bicyclic) bond motifs is 1. The summed E-state index contributed by atoms with van der Waals surface area (Å²) < 4.78 is 0. The quantitative estimate of drug-likeness (QED) is 0.805. The average Bonchev–Trinajstić information content (AvgIpc) is 2.52. The Bertz CT molecular complexity index is 659. The van der Waals surface area contributed by atoms with Gasteiger partial charge in [0.1, 0.15) is 5.75 Å². The molecule has 0 aromatic heterocycles. The van der Waals surface area contributed by atoms with Gasteiger partial charge in [-0.2, -0.15) is 0 Å². The Morgan fingerprint density at radius 2 is 2.09 bits per heavy atom. The van der Waals surface area contributed by atoms with Crippen LogP contribution in [0.25, 0.3) is 0 Å². The van der Waals surface area contributed by atoms with Gasteiger partial charge in [-0.3, -0.25) is 0 Å². The highest BCUT2D eigenvalue weighted by molar-refractivity contribution is 6.30. The van der Waals surface area contributed by atoms with Crippen molar-refractivity contribution < 1.29 is 10.2 Å². The fourth-order valence-electron chi connectivity index (χ4n) is 3.08. The second-order valence-electron chi connectivity index (χ2n) is 5.81. The van der Waals surface area contributed by atoms with Crippen molar-refractivity contribution >= 4 is 11.6 Å². The Balaban J connectivity index is 1.69. The lowest BCUT2D eigenvalue weighted by Gasteiger charge is -2.27. The van der Waals surface area contributed by atoms with E-state index < -0.39 is 6.10 Å². The van der Waals surface area contributed by atoms with E-state index in [2.05, 4.69) is 5.32 Å². The molecule has 2 atom stereocenters. The Morgan fingerprint density at radius 1 is 1.23 bits per heavy atom. The highest BCUT2D eigenvalue weighted by atomic mass is 35.5. The molecule has 0 aliphatic heterocycles. The minimum Gasteiger partial charge on any atom is -0.508 e. The molecule has 0 heterocycles. The standard InChI is InChI=1S/C18H20ClNO2/c19-14-5-1-4-13(9-14)18(22)11-20-17-6-2-3-12-7-8-15(21)10-16(12)17/h1,4-5,7-10,17-18,20-22H,2-3,6,11H2. The molecule has 3 N–H and O–H groups in total. The monoisotopic (exact) mass is 317 g/mol. The molecule has 116 valence electrons. The van der Waals surface area contributed by atoms with E-state index in [0.717, 1.165) is 30.4 Å². The first-order valence-electron chi connectivity index (χ1n) is 7.62. The van der Waals surface area contributed by atoms with Crippen LogP contribution in [0.4, 0.5) is 0 Å². The van der Waals surface area contributed by atoms with Crippen LogP contribution < -0.4 is 5.32 Å². The molecule has 0 amide bonds. The molecule has 3 rings (SSSR count). The van der Waals surface area contributed by atoms with Crippen LogP contribution in [0, 0.1) is 0 Å². The van der Waals surface area contributed by atoms with E-state index >= 15 is 0 Å². The van der Waals surface area contributed by atoms with Crippen molar-refractivity contribution in [2.24, 2.45) is 0 Å². The highest BCUT2D eigenvalue weighted by Crippen LogP contribution is 2.32. The number of aromatic hydroxyl groups is 1. The molecular formula is C18H20ClNO2. The van der Waals surface area contributed by atoms with E-state index in [-0.39, 0.29) is 6.04 Å². The predicted molar refractivity (Wildman–Crippen MR) is 88.2 cm³/mol. The second kappa shape index (κ2) is 6.69. The number of hydrogen-bond donors (Lipinski definition) is 3. The van der Waals surface area contributed by atoms with Crippen molar-refractivity contribution in [3.63, 3.8) is 0 Å². The predicted octanol–water partition coefficient (Wildman–Crippen LogP) is 3.75. The van der Waals surface area contributed by atoms with E-state index in [1.54, 1.807) is 18.2 Å². The number of aliphatic hydroxyl groups excluding tert-OH is 1. The van der Waals surface area contributed by atoms with Gasteiger partial charge in [0.25, 0.3) is 0 Å². The van der Waals surface area contributed by atoms with Gasteiger partial charge in [0, 0.05) is 17.6 Å². The first kappa shape index (κ1) is 15.3. The maximum Gasteiger partial charge on any atom is 0.115 e. The molecule has 3 nitrogen and oxygen atoms in total. The van der Waals surface area contributed by atoms with E-state index in [1.165, 1.54) is 5.56 Å². The summed E-state index contributed by atoms with van der Waals surface area (Å²) in [5.74, 6) is 0.294. The Hall–Kier alpha value is -1.55. The van der Waals surface area contributed by atoms with Crippen molar-refractivity contribution in [1.29, 1.82) is 0 Å². The van der Waals surface area contributed by atoms with Gasteiger partial charge in [-0.25, -0.2) is 0 Å². The van der Waals surface area contributed by atoms with Gasteiger partial charge in [-0.15, -0.1) is 0 Å². The summed E-state index contributed by atoms with van der Waals surface area (Å²) in [5, 5.41) is 24.1. The minimum absolute atomic E-state index is 0.171. The number of hydrogen-bond acceptors (Lipinski definition) is 3. The molecular weight excluding hydrogens is 298 g/mol. The second-order valence-corrected chi connectivity index (χ2v) is 6.24. The zero-order valence-corrected chi connectivity index (χ0v) is 13.1. The number of benzene rings is 2. The molecule has 4 heteroatoms. The van der Waals surface area contributed by atoms with Crippen LogP contribution in [0.2, 0.25) is 5.02 Å². The third-order valence-corrected chi connectivity index (χ3v) is 4.47. The molecule has 22 heavy (non-hydrogen) atoms. The molecule has 0 saturated carbocycles. The number of aliphatic hydroxyl groups is 1. The lowest BCUT2D eigenvalue weighted by atomic mass is 9.87. The van der Waals surface area contributed by atoms with Crippen LogP contribution in [0.5, 0.6) is 5.75 Å². The maximum absolute atomic E-state index is 10.3. The number of phenolic OH excluding ortho intramolecular Hbond substituents is 1. The third kappa shape index (κ3) is 3.43. The average molecular weight is 318 g/mol. The number of halogens is 1. The number of aryl methyl sites for hydroxylation is 1. The van der Waals surface area contributed by atoms with E-state index in [9.17, 15) is 10.2 Å². The molecule has 1 aliphatic carbocycles. The summed E-state index contributed by atoms with van der Waals surface area (Å²) in [6.07, 6.45) is 2.58. The minimum atomic E-state index is -0.596. The summed E-state index contributed by atoms with van der Waals surface area (Å²) in [7, 11) is 0. The molecule has 2 unspecified atom stereocenters. The topological polar surface area (TPSA) is 52.5 Å². The van der Waals surface area contributed by atoms with E-state index in [0.29, 0.717) is 17.3 Å². The van der Waals surface area contributed by atoms with E-state index in [4.69, 9.17) is 11.6 Å². The zero-order chi connectivity index (χ0) is 15.5. The molecule has 0 spiro atoms. The third-order valence-electron chi connectivity index (χ3n) is 4.23. The zero-order valence-electron chi connectivity index (χ0n) is 12.3. The number of phenols is 1. The van der Waals surface area contributed by atoms with Crippen molar-refractivity contribution in [3.05, 3.63) is 64.2 Å². The molecule has 2 aromatic carbocycles. The van der Waals surface area contributed by atoms with Crippen LogP contribution in [0.1, 0.15) is 41.7 Å². The number of nitrogens with one attached hydrogen (secondary N) is 1. The van der Waals surface area contributed by atoms with Crippen molar-refractivity contribution in [3.8, 4) is 5.75 Å². The lowest BCUT2D eigenvalue weighted by molar-refractivity contribution is 0.168. The Kier molecular flexibility index (Phi) is 4.67. The SMILES string of the molecule is Oc1ccc2c(c1)C(NCC(O)c1cccc(Cl)c1)CCC2. The van der Waals surface area contributed by atoms with Gasteiger partial charge >= 0.3 is 0 Å². The van der Waals surface area contributed by atoms with Gasteiger partial charge in [-0.05, 0) is 60.2 Å². The van der Waals surface area contributed by atoms with Crippen molar-refractivity contribution in [2.45, 2.75) is 31.4 Å². The normalized spacial score (nSPS) is 18.7.